The first kappa shape index (κ1) is 24.1. The molecule has 0 spiro atoms. The minimum Gasteiger partial charge on any atom is -0.481 e. The van der Waals surface area contributed by atoms with E-state index in [1.54, 1.807) is 30.6 Å². The van der Waals surface area contributed by atoms with Crippen LogP contribution >= 0.6 is 0 Å². The molecule has 0 saturated carbocycles. The van der Waals surface area contributed by atoms with E-state index in [1.807, 2.05) is 24.3 Å². The van der Waals surface area contributed by atoms with Crippen LogP contribution in [0.2, 0.25) is 0 Å². The molecule has 0 saturated heterocycles. The Morgan fingerprint density at radius 2 is 1.64 bits per heavy atom. The van der Waals surface area contributed by atoms with Gasteiger partial charge in [0.1, 0.15) is 4.90 Å². The van der Waals surface area contributed by atoms with Gasteiger partial charge in [-0.25, -0.2) is 8.42 Å². The lowest BCUT2D eigenvalue weighted by molar-refractivity contribution is -0.137. The number of anilines is 1. The molecule has 3 rings (SSSR count). The molecule has 33 heavy (non-hydrogen) atoms. The van der Waals surface area contributed by atoms with Crippen molar-refractivity contribution in [2.75, 3.05) is 4.72 Å². The van der Waals surface area contributed by atoms with Crippen molar-refractivity contribution in [2.24, 2.45) is 0 Å². The van der Waals surface area contributed by atoms with Crippen LogP contribution in [-0.4, -0.2) is 29.5 Å². The van der Waals surface area contributed by atoms with Crippen molar-refractivity contribution in [3.05, 3.63) is 90.5 Å². The summed E-state index contributed by atoms with van der Waals surface area (Å²) in [5.41, 5.74) is 3.24. The van der Waals surface area contributed by atoms with Gasteiger partial charge in [0, 0.05) is 42.5 Å². The van der Waals surface area contributed by atoms with E-state index in [0.717, 1.165) is 42.4 Å². The second-order valence-corrected chi connectivity index (χ2v) is 9.26. The molecule has 7 nitrogen and oxygen atoms in total. The molecule has 0 amide bonds. The fourth-order valence-corrected chi connectivity index (χ4v) is 4.43. The summed E-state index contributed by atoms with van der Waals surface area (Å²) >= 11 is 0. The first-order valence-electron chi connectivity index (χ1n) is 10.8. The number of unbranched alkanes of at least 4 members (excludes halogenated alkanes) is 4. The second kappa shape index (κ2) is 11.9. The van der Waals surface area contributed by atoms with Crippen molar-refractivity contribution in [1.29, 1.82) is 0 Å². The number of pyridine rings is 2. The maximum atomic E-state index is 12.7. The number of sulfonamides is 1. The highest BCUT2D eigenvalue weighted by molar-refractivity contribution is 7.92. The first-order chi connectivity index (χ1) is 16.0. The highest BCUT2D eigenvalue weighted by Crippen LogP contribution is 2.27. The minimum absolute atomic E-state index is 0.0984. The van der Waals surface area contributed by atoms with Gasteiger partial charge in [-0.15, -0.1) is 0 Å². The Morgan fingerprint density at radius 1 is 0.909 bits per heavy atom. The monoisotopic (exact) mass is 465 g/mol. The van der Waals surface area contributed by atoms with Gasteiger partial charge in [-0.2, -0.15) is 0 Å². The van der Waals surface area contributed by atoms with Crippen molar-refractivity contribution in [2.45, 2.75) is 43.4 Å². The van der Waals surface area contributed by atoms with Crippen LogP contribution in [0.15, 0.2) is 84.3 Å². The average Bonchev–Trinajstić information content (AvgIpc) is 2.82. The van der Waals surface area contributed by atoms with Gasteiger partial charge in [0.05, 0.1) is 0 Å². The van der Waals surface area contributed by atoms with Crippen molar-refractivity contribution < 1.29 is 18.3 Å². The number of aliphatic carboxylic acids is 1. The molecule has 0 aliphatic heterocycles. The number of benzene rings is 1. The predicted molar refractivity (Wildman–Crippen MR) is 128 cm³/mol. The maximum absolute atomic E-state index is 12.7. The van der Waals surface area contributed by atoms with Crippen LogP contribution in [-0.2, 0) is 14.8 Å². The molecular formula is C25H27N3O4S. The summed E-state index contributed by atoms with van der Waals surface area (Å²) in [7, 11) is -3.74. The molecule has 2 N–H and O–H groups in total. The lowest BCUT2D eigenvalue weighted by atomic mass is 9.97. The zero-order valence-corrected chi connectivity index (χ0v) is 19.0. The molecule has 2 heterocycles. The van der Waals surface area contributed by atoms with Crippen molar-refractivity contribution in [3.63, 3.8) is 0 Å². The predicted octanol–water partition coefficient (Wildman–Crippen LogP) is 5.13. The first-order valence-corrected chi connectivity index (χ1v) is 12.3. The third kappa shape index (κ3) is 7.54. The molecule has 172 valence electrons. The summed E-state index contributed by atoms with van der Waals surface area (Å²) in [6.07, 6.45) is 12.9. The smallest absolute Gasteiger partial charge is 0.303 e. The number of hydrogen-bond donors (Lipinski definition) is 2. The van der Waals surface area contributed by atoms with E-state index >= 15 is 0 Å². The third-order valence-electron chi connectivity index (χ3n) is 5.04. The molecule has 0 unspecified atom stereocenters. The van der Waals surface area contributed by atoms with E-state index in [2.05, 4.69) is 20.8 Å². The van der Waals surface area contributed by atoms with Gasteiger partial charge >= 0.3 is 5.97 Å². The Morgan fingerprint density at radius 3 is 2.33 bits per heavy atom. The van der Waals surface area contributed by atoms with Gasteiger partial charge in [0.15, 0.2) is 0 Å². The summed E-state index contributed by atoms with van der Waals surface area (Å²) in [5.74, 6) is -0.757. The maximum Gasteiger partial charge on any atom is 0.303 e. The molecule has 0 radical (unpaired) electrons. The zero-order chi connectivity index (χ0) is 23.5. The molecule has 0 fully saturated rings. The number of rotatable bonds is 12. The molecule has 0 bridgehead atoms. The molecule has 2 aromatic heterocycles. The summed E-state index contributed by atoms with van der Waals surface area (Å²) < 4.78 is 28.0. The number of carbonyl (C=O) groups is 1. The van der Waals surface area contributed by atoms with Crippen LogP contribution in [0.3, 0.4) is 0 Å². The molecule has 3 aromatic rings. The number of carboxylic acid groups (broad SMARTS) is 1. The third-order valence-corrected chi connectivity index (χ3v) is 6.40. The van der Waals surface area contributed by atoms with E-state index < -0.39 is 16.0 Å². The van der Waals surface area contributed by atoms with Crippen LogP contribution in [0.1, 0.15) is 49.7 Å². The zero-order valence-electron chi connectivity index (χ0n) is 18.2. The fraction of sp³-hybridized carbons (Fsp3) is 0.240. The van der Waals surface area contributed by atoms with E-state index in [9.17, 15) is 13.2 Å². The lowest BCUT2D eigenvalue weighted by Crippen LogP contribution is -2.13. The fourth-order valence-electron chi connectivity index (χ4n) is 3.42. The quantitative estimate of drug-likeness (QED) is 0.359. The van der Waals surface area contributed by atoms with Crippen LogP contribution in [0.25, 0.3) is 5.57 Å². The van der Waals surface area contributed by atoms with Gasteiger partial charge in [0.2, 0.25) is 0 Å². The SMILES string of the molecule is O=C(O)CCCCCCC=C(c1cccnc1)c1cccc(NS(=O)(=O)c2cccnc2)c1. The lowest BCUT2D eigenvalue weighted by Gasteiger charge is -2.12. The number of allylic oxidation sites excluding steroid dienone is 1. The number of hydrogen-bond acceptors (Lipinski definition) is 5. The summed E-state index contributed by atoms with van der Waals surface area (Å²) in [4.78, 5) is 18.8. The number of nitrogens with one attached hydrogen (secondary N) is 1. The largest absolute Gasteiger partial charge is 0.481 e. The topological polar surface area (TPSA) is 109 Å². The van der Waals surface area contributed by atoms with Crippen molar-refractivity contribution in [1.82, 2.24) is 9.97 Å². The van der Waals surface area contributed by atoms with Crippen LogP contribution in [0, 0.1) is 0 Å². The Kier molecular flexibility index (Phi) is 8.71. The summed E-state index contributed by atoms with van der Waals surface area (Å²) in [6, 6.07) is 14.2. The molecular weight excluding hydrogens is 438 g/mol. The average molecular weight is 466 g/mol. The van der Waals surface area contributed by atoms with Crippen molar-refractivity contribution in [3.8, 4) is 0 Å². The Balaban J connectivity index is 1.76. The van der Waals surface area contributed by atoms with Gasteiger partial charge in [-0.1, -0.05) is 37.1 Å². The summed E-state index contributed by atoms with van der Waals surface area (Å²) in [6.45, 7) is 0. The van der Waals surface area contributed by atoms with E-state index in [-0.39, 0.29) is 11.3 Å². The molecule has 8 heteroatoms. The van der Waals surface area contributed by atoms with Gasteiger partial charge in [0.25, 0.3) is 10.0 Å². The number of carboxylic acids is 1. The van der Waals surface area contributed by atoms with E-state index in [0.29, 0.717) is 12.1 Å². The Hall–Kier alpha value is -3.52. The van der Waals surface area contributed by atoms with Crippen LogP contribution < -0.4 is 4.72 Å². The molecule has 1 aromatic carbocycles. The van der Waals surface area contributed by atoms with Crippen LogP contribution in [0.5, 0.6) is 0 Å². The standard InChI is InChI=1S/C25H27N3O4S/c29-25(30)14-5-3-1-2-4-13-24(21-10-7-15-26-18-21)20-9-6-11-22(17-20)28-33(31,32)23-12-8-16-27-19-23/h6-13,15-19,28H,1-5,14H2,(H,29,30). The molecule has 0 atom stereocenters. The van der Waals surface area contributed by atoms with Crippen LogP contribution in [0.4, 0.5) is 5.69 Å². The number of aromatic nitrogens is 2. The van der Waals surface area contributed by atoms with Gasteiger partial charge in [-0.05, 0) is 60.7 Å². The Labute approximate surface area is 194 Å². The molecule has 0 aliphatic rings. The van der Waals surface area contributed by atoms with E-state index in [1.165, 1.54) is 18.5 Å². The van der Waals surface area contributed by atoms with Crippen molar-refractivity contribution >= 4 is 27.3 Å². The summed E-state index contributed by atoms with van der Waals surface area (Å²) in [5, 5.41) is 8.74. The van der Waals surface area contributed by atoms with Gasteiger partial charge < -0.3 is 5.11 Å². The second-order valence-electron chi connectivity index (χ2n) is 7.58. The molecule has 0 aliphatic carbocycles. The van der Waals surface area contributed by atoms with Gasteiger partial charge in [-0.3, -0.25) is 19.5 Å². The number of nitrogens with zero attached hydrogens (tertiary/aromatic N) is 2. The minimum atomic E-state index is -3.74. The highest BCUT2D eigenvalue weighted by Gasteiger charge is 2.15. The van der Waals surface area contributed by atoms with E-state index in [4.69, 9.17) is 5.11 Å². The normalized spacial score (nSPS) is 11.8. The highest BCUT2D eigenvalue weighted by atomic mass is 32.2. The Bertz CT molecular complexity index is 1180.